The van der Waals surface area contributed by atoms with Gasteiger partial charge in [0.05, 0.1) is 0 Å². The first-order chi connectivity index (χ1) is 9.63. The molecule has 1 aromatic rings. The minimum absolute atomic E-state index is 0.184. The summed E-state index contributed by atoms with van der Waals surface area (Å²) in [6, 6.07) is 8.71. The van der Waals surface area contributed by atoms with Crippen molar-refractivity contribution in [2.45, 2.75) is 31.2 Å². The second kappa shape index (κ2) is 5.86. The first-order valence-electron chi connectivity index (χ1n) is 7.38. The van der Waals surface area contributed by atoms with E-state index in [1.54, 1.807) is 0 Å². The number of amides is 1. The van der Waals surface area contributed by atoms with Crippen molar-refractivity contribution in [2.24, 2.45) is 5.92 Å². The summed E-state index contributed by atoms with van der Waals surface area (Å²) in [7, 11) is 2.14. The Hall–Kier alpha value is -0.870. The molecule has 0 aromatic heterocycles. The van der Waals surface area contributed by atoms with Gasteiger partial charge in [-0.05, 0) is 63.0 Å². The zero-order valence-electron chi connectivity index (χ0n) is 11.8. The van der Waals surface area contributed by atoms with Gasteiger partial charge in [0.15, 0.2) is 0 Å². The molecule has 2 atom stereocenters. The molecule has 1 saturated carbocycles. The van der Waals surface area contributed by atoms with Crippen LogP contribution in [0.15, 0.2) is 28.7 Å². The molecule has 0 radical (unpaired) electrons. The van der Waals surface area contributed by atoms with Gasteiger partial charge in [-0.2, -0.15) is 0 Å². The molecule has 0 unspecified atom stereocenters. The average Bonchev–Trinajstić information content (AvgIpc) is 3.22. The molecule has 108 valence electrons. The van der Waals surface area contributed by atoms with Gasteiger partial charge in [-0.1, -0.05) is 28.1 Å². The lowest BCUT2D eigenvalue weighted by atomic mass is 10.0. The van der Waals surface area contributed by atoms with Crippen molar-refractivity contribution in [3.8, 4) is 0 Å². The van der Waals surface area contributed by atoms with Gasteiger partial charge in [-0.15, -0.1) is 0 Å². The van der Waals surface area contributed by atoms with Crippen LogP contribution in [0.4, 0.5) is 0 Å². The largest absolute Gasteiger partial charge is 0.353 e. The summed E-state index contributed by atoms with van der Waals surface area (Å²) in [6.07, 6.45) is 3.15. The number of rotatable bonds is 3. The van der Waals surface area contributed by atoms with Crippen LogP contribution in [-0.2, 0) is 4.79 Å². The van der Waals surface area contributed by atoms with Gasteiger partial charge in [0.2, 0.25) is 5.91 Å². The van der Waals surface area contributed by atoms with E-state index in [4.69, 9.17) is 0 Å². The topological polar surface area (TPSA) is 32.3 Å². The van der Waals surface area contributed by atoms with E-state index in [0.29, 0.717) is 12.0 Å². The molecule has 2 fully saturated rings. The maximum Gasteiger partial charge on any atom is 0.223 e. The molecular formula is C16H21BrN2O. The Morgan fingerprint density at radius 3 is 2.80 bits per heavy atom. The van der Waals surface area contributed by atoms with Gasteiger partial charge in [-0.25, -0.2) is 0 Å². The quantitative estimate of drug-likeness (QED) is 0.920. The predicted molar refractivity (Wildman–Crippen MR) is 83.7 cm³/mol. The van der Waals surface area contributed by atoms with E-state index >= 15 is 0 Å². The summed E-state index contributed by atoms with van der Waals surface area (Å²) in [5.41, 5.74) is 1.28. The van der Waals surface area contributed by atoms with Crippen LogP contribution in [0.2, 0.25) is 0 Å². The lowest BCUT2D eigenvalue weighted by Crippen LogP contribution is -2.44. The van der Waals surface area contributed by atoms with E-state index in [2.05, 4.69) is 45.3 Å². The van der Waals surface area contributed by atoms with Crippen molar-refractivity contribution < 1.29 is 4.79 Å². The fourth-order valence-electron chi connectivity index (χ4n) is 3.05. The van der Waals surface area contributed by atoms with Crippen LogP contribution >= 0.6 is 15.9 Å². The predicted octanol–water partition coefficient (Wildman–Crippen LogP) is 2.76. The molecule has 3 rings (SSSR count). The number of carbonyl (C=O) groups excluding carboxylic acids is 1. The molecule has 1 saturated heterocycles. The van der Waals surface area contributed by atoms with Crippen molar-refractivity contribution in [1.82, 2.24) is 10.2 Å². The number of halogens is 1. The van der Waals surface area contributed by atoms with Crippen LogP contribution in [0.25, 0.3) is 0 Å². The highest BCUT2D eigenvalue weighted by Crippen LogP contribution is 2.48. The fourth-order valence-corrected chi connectivity index (χ4v) is 3.47. The number of likely N-dealkylation sites (tertiary alicyclic amines) is 1. The average molecular weight is 337 g/mol. The van der Waals surface area contributed by atoms with Crippen molar-refractivity contribution >= 4 is 21.8 Å². The zero-order valence-corrected chi connectivity index (χ0v) is 13.4. The number of piperidine rings is 1. The highest BCUT2D eigenvalue weighted by atomic mass is 79.9. The minimum atomic E-state index is 0.184. The third-order valence-corrected chi connectivity index (χ3v) is 4.96. The molecule has 1 N–H and O–H groups in total. The van der Waals surface area contributed by atoms with E-state index in [1.807, 2.05) is 12.1 Å². The van der Waals surface area contributed by atoms with Crippen LogP contribution in [0.5, 0.6) is 0 Å². The zero-order chi connectivity index (χ0) is 14.1. The van der Waals surface area contributed by atoms with E-state index in [9.17, 15) is 4.79 Å². The highest BCUT2D eigenvalue weighted by molar-refractivity contribution is 9.10. The summed E-state index contributed by atoms with van der Waals surface area (Å²) in [6.45, 7) is 2.18. The van der Waals surface area contributed by atoms with Crippen molar-refractivity contribution in [3.63, 3.8) is 0 Å². The number of nitrogens with one attached hydrogen (secondary N) is 1. The Kier molecular flexibility index (Phi) is 4.13. The standard InChI is InChI=1S/C16H21BrN2O/c1-19-7-5-13(6-8-19)18-16(20)15-10-14(15)11-3-2-4-12(17)9-11/h2-4,9,13-15H,5-8,10H2,1H3,(H,18,20)/t14-,15+/m0/s1. The highest BCUT2D eigenvalue weighted by Gasteiger charge is 2.44. The molecule has 1 amide bonds. The number of hydrogen-bond donors (Lipinski definition) is 1. The summed E-state index contributed by atoms with van der Waals surface area (Å²) in [5.74, 6) is 0.854. The SMILES string of the molecule is CN1CCC(NC(=O)[C@@H]2C[C@H]2c2cccc(Br)c2)CC1. The van der Waals surface area contributed by atoms with Gasteiger partial charge < -0.3 is 10.2 Å². The molecule has 1 heterocycles. The van der Waals surface area contributed by atoms with Crippen molar-refractivity contribution in [2.75, 3.05) is 20.1 Å². The minimum Gasteiger partial charge on any atom is -0.353 e. The van der Waals surface area contributed by atoms with Gasteiger partial charge in [0.25, 0.3) is 0 Å². The van der Waals surface area contributed by atoms with Crippen LogP contribution in [-0.4, -0.2) is 37.0 Å². The fraction of sp³-hybridized carbons (Fsp3) is 0.562. The molecule has 20 heavy (non-hydrogen) atoms. The van der Waals surface area contributed by atoms with Gasteiger partial charge >= 0.3 is 0 Å². The number of carbonyl (C=O) groups is 1. The van der Waals surface area contributed by atoms with E-state index in [0.717, 1.165) is 36.8 Å². The Morgan fingerprint density at radius 2 is 2.10 bits per heavy atom. The number of benzene rings is 1. The van der Waals surface area contributed by atoms with Gasteiger partial charge in [0, 0.05) is 16.4 Å². The third-order valence-electron chi connectivity index (χ3n) is 4.47. The second-order valence-corrected chi connectivity index (χ2v) is 7.01. The summed E-state index contributed by atoms with van der Waals surface area (Å²) in [5, 5.41) is 3.24. The number of nitrogens with zero attached hydrogens (tertiary/aromatic N) is 1. The van der Waals surface area contributed by atoms with E-state index < -0.39 is 0 Å². The van der Waals surface area contributed by atoms with Crippen LogP contribution < -0.4 is 5.32 Å². The normalized spacial score (nSPS) is 27.3. The van der Waals surface area contributed by atoms with Crippen molar-refractivity contribution in [1.29, 1.82) is 0 Å². The molecule has 2 aliphatic rings. The van der Waals surface area contributed by atoms with Crippen LogP contribution in [0.1, 0.15) is 30.7 Å². The summed E-state index contributed by atoms with van der Waals surface area (Å²) < 4.78 is 1.09. The molecule has 1 aliphatic carbocycles. The van der Waals surface area contributed by atoms with Crippen LogP contribution in [0.3, 0.4) is 0 Å². The van der Waals surface area contributed by atoms with E-state index in [-0.39, 0.29) is 11.8 Å². The van der Waals surface area contributed by atoms with Crippen LogP contribution in [0, 0.1) is 5.92 Å². The Labute approximate surface area is 128 Å². The summed E-state index contributed by atoms with van der Waals surface area (Å²) >= 11 is 3.50. The van der Waals surface area contributed by atoms with Gasteiger partial charge in [-0.3, -0.25) is 4.79 Å². The molecule has 1 aliphatic heterocycles. The second-order valence-electron chi connectivity index (χ2n) is 6.09. The molecular weight excluding hydrogens is 316 g/mol. The molecule has 1 aromatic carbocycles. The lowest BCUT2D eigenvalue weighted by molar-refractivity contribution is -0.123. The monoisotopic (exact) mass is 336 g/mol. The summed E-state index contributed by atoms with van der Waals surface area (Å²) in [4.78, 5) is 14.6. The third kappa shape index (κ3) is 3.23. The Morgan fingerprint density at radius 1 is 1.35 bits per heavy atom. The molecule has 0 bridgehead atoms. The maximum atomic E-state index is 12.3. The van der Waals surface area contributed by atoms with Gasteiger partial charge in [0.1, 0.15) is 0 Å². The number of hydrogen-bond acceptors (Lipinski definition) is 2. The first-order valence-corrected chi connectivity index (χ1v) is 8.17. The smallest absolute Gasteiger partial charge is 0.223 e. The van der Waals surface area contributed by atoms with Crippen molar-refractivity contribution in [3.05, 3.63) is 34.3 Å². The lowest BCUT2D eigenvalue weighted by Gasteiger charge is -2.29. The molecule has 3 nitrogen and oxygen atoms in total. The Balaban J connectivity index is 1.53. The molecule has 4 heteroatoms. The first kappa shape index (κ1) is 14.1. The van der Waals surface area contributed by atoms with E-state index in [1.165, 1.54) is 5.56 Å². The Bertz CT molecular complexity index is 497. The molecule has 0 spiro atoms. The maximum absolute atomic E-state index is 12.3.